The van der Waals surface area contributed by atoms with Crippen molar-refractivity contribution >= 4 is 28.8 Å². The van der Waals surface area contributed by atoms with Crippen molar-refractivity contribution in [3.8, 4) is 22.5 Å². The van der Waals surface area contributed by atoms with E-state index in [-0.39, 0.29) is 11.7 Å². The van der Waals surface area contributed by atoms with Gasteiger partial charge in [0.1, 0.15) is 5.82 Å². The van der Waals surface area contributed by atoms with Gasteiger partial charge in [-0.2, -0.15) is 5.10 Å². The molecule has 0 unspecified atom stereocenters. The second-order valence-electron chi connectivity index (χ2n) is 8.90. The van der Waals surface area contributed by atoms with Crippen molar-refractivity contribution < 1.29 is 9.18 Å². The molecule has 5 aromatic rings. The number of carbonyl (C=O) groups is 1. The second kappa shape index (κ2) is 9.67. The number of piperazine rings is 1. The maximum atomic E-state index is 14.3. The Morgan fingerprint density at radius 2 is 1.57 bits per heavy atom. The number of aromatic nitrogens is 3. The van der Waals surface area contributed by atoms with Crippen molar-refractivity contribution in [1.82, 2.24) is 19.5 Å². The Morgan fingerprint density at radius 1 is 0.865 bits per heavy atom. The molecule has 2 aromatic heterocycles. The fourth-order valence-electron chi connectivity index (χ4n) is 4.79. The van der Waals surface area contributed by atoms with Crippen molar-refractivity contribution in [1.29, 1.82) is 0 Å². The summed E-state index contributed by atoms with van der Waals surface area (Å²) in [6.45, 7) is 2.04. The number of benzene rings is 3. The van der Waals surface area contributed by atoms with E-state index in [1.54, 1.807) is 27.7 Å². The molecular weight excluding hydrogens is 489 g/mol. The minimum Gasteiger partial charge on any atom is -0.366 e. The van der Waals surface area contributed by atoms with Gasteiger partial charge in [0.05, 0.1) is 27.7 Å². The van der Waals surface area contributed by atoms with Gasteiger partial charge in [0.15, 0.2) is 5.65 Å². The highest BCUT2D eigenvalue weighted by Crippen LogP contribution is 2.31. The minimum atomic E-state index is -0.253. The van der Waals surface area contributed by atoms with E-state index in [4.69, 9.17) is 16.7 Å². The van der Waals surface area contributed by atoms with Crippen LogP contribution in [0.25, 0.3) is 28.2 Å². The number of hydrogen-bond acceptors (Lipinski definition) is 4. The molecule has 0 radical (unpaired) electrons. The third-order valence-electron chi connectivity index (χ3n) is 6.67. The largest absolute Gasteiger partial charge is 0.366 e. The van der Waals surface area contributed by atoms with E-state index < -0.39 is 0 Å². The summed E-state index contributed by atoms with van der Waals surface area (Å²) in [4.78, 5) is 22.2. The van der Waals surface area contributed by atoms with Crippen LogP contribution in [-0.2, 0) is 0 Å². The fourth-order valence-corrected chi connectivity index (χ4v) is 5.03. The molecule has 1 fully saturated rings. The quantitative estimate of drug-likeness (QED) is 0.305. The monoisotopic (exact) mass is 511 g/mol. The number of fused-ring (bicyclic) bond motifs is 1. The van der Waals surface area contributed by atoms with Crippen LogP contribution in [0.3, 0.4) is 0 Å². The SMILES string of the molecule is O=C(c1cnc2cc(-c3ccccc3Cl)nn2c1-c1ccccc1)N1CCN(c2ccccc2F)CC1. The van der Waals surface area contributed by atoms with Crippen molar-refractivity contribution in [2.24, 2.45) is 0 Å². The van der Waals surface area contributed by atoms with Gasteiger partial charge in [0, 0.05) is 49.6 Å². The van der Waals surface area contributed by atoms with Crippen LogP contribution in [0.2, 0.25) is 5.02 Å². The van der Waals surface area contributed by atoms with Crippen molar-refractivity contribution in [3.05, 3.63) is 108 Å². The molecule has 37 heavy (non-hydrogen) atoms. The summed E-state index contributed by atoms with van der Waals surface area (Å²) in [5.41, 5.74) is 4.65. The number of carbonyl (C=O) groups excluding carboxylic acids is 1. The van der Waals surface area contributed by atoms with Crippen LogP contribution in [-0.4, -0.2) is 51.6 Å². The number of hydrogen-bond donors (Lipinski definition) is 0. The number of nitrogens with zero attached hydrogens (tertiary/aromatic N) is 5. The molecule has 3 heterocycles. The summed E-state index contributed by atoms with van der Waals surface area (Å²) in [5, 5.41) is 5.41. The van der Waals surface area contributed by atoms with Gasteiger partial charge in [-0.3, -0.25) is 4.79 Å². The zero-order valence-corrected chi connectivity index (χ0v) is 20.6. The first kappa shape index (κ1) is 23.2. The normalized spacial score (nSPS) is 13.8. The van der Waals surface area contributed by atoms with Crippen LogP contribution >= 0.6 is 11.6 Å². The molecule has 6 nitrogen and oxygen atoms in total. The van der Waals surface area contributed by atoms with Crippen LogP contribution in [0.4, 0.5) is 10.1 Å². The predicted octanol–water partition coefficient (Wildman–Crippen LogP) is 5.82. The van der Waals surface area contributed by atoms with E-state index in [1.165, 1.54) is 6.07 Å². The Bertz CT molecular complexity index is 1600. The molecule has 1 aliphatic rings. The Kier molecular flexibility index (Phi) is 6.06. The van der Waals surface area contributed by atoms with Crippen LogP contribution in [0.5, 0.6) is 0 Å². The Balaban J connectivity index is 1.37. The van der Waals surface area contributed by atoms with Crippen molar-refractivity contribution in [3.63, 3.8) is 0 Å². The molecule has 1 amide bonds. The summed E-state index contributed by atoms with van der Waals surface area (Å²) in [6.07, 6.45) is 1.63. The molecule has 0 aliphatic carbocycles. The highest BCUT2D eigenvalue weighted by Gasteiger charge is 2.27. The lowest BCUT2D eigenvalue weighted by molar-refractivity contribution is 0.0746. The van der Waals surface area contributed by atoms with Crippen LogP contribution in [0, 0.1) is 5.82 Å². The smallest absolute Gasteiger partial charge is 0.257 e. The van der Waals surface area contributed by atoms with Crippen LogP contribution in [0.15, 0.2) is 91.1 Å². The highest BCUT2D eigenvalue weighted by molar-refractivity contribution is 6.33. The van der Waals surface area contributed by atoms with E-state index in [0.717, 1.165) is 11.1 Å². The van der Waals surface area contributed by atoms with Gasteiger partial charge in [0.25, 0.3) is 5.91 Å². The zero-order chi connectivity index (χ0) is 25.4. The minimum absolute atomic E-state index is 0.128. The van der Waals surface area contributed by atoms with E-state index in [9.17, 15) is 9.18 Å². The molecular formula is C29H23ClFN5O. The van der Waals surface area contributed by atoms with Crippen LogP contribution in [0.1, 0.15) is 10.4 Å². The highest BCUT2D eigenvalue weighted by atomic mass is 35.5. The van der Waals surface area contributed by atoms with Gasteiger partial charge in [-0.15, -0.1) is 0 Å². The first-order chi connectivity index (χ1) is 18.1. The summed E-state index contributed by atoms with van der Waals surface area (Å²) in [7, 11) is 0. The average molecular weight is 512 g/mol. The summed E-state index contributed by atoms with van der Waals surface area (Å²) in [6, 6.07) is 25.8. The summed E-state index contributed by atoms with van der Waals surface area (Å²) >= 11 is 6.43. The average Bonchev–Trinajstić information content (AvgIpc) is 3.37. The maximum absolute atomic E-state index is 14.3. The molecule has 3 aromatic carbocycles. The predicted molar refractivity (Wildman–Crippen MR) is 143 cm³/mol. The lowest BCUT2D eigenvalue weighted by Gasteiger charge is -2.36. The number of rotatable bonds is 4. The molecule has 1 aliphatic heterocycles. The molecule has 0 saturated carbocycles. The number of halogens is 2. The van der Waals surface area contributed by atoms with E-state index >= 15 is 0 Å². The lowest BCUT2D eigenvalue weighted by Crippen LogP contribution is -2.49. The molecule has 6 rings (SSSR count). The summed E-state index contributed by atoms with van der Waals surface area (Å²) < 4.78 is 16.0. The molecule has 0 spiro atoms. The van der Waals surface area contributed by atoms with E-state index in [1.807, 2.05) is 71.6 Å². The molecule has 0 bridgehead atoms. The molecule has 0 atom stereocenters. The Labute approximate surface area is 218 Å². The third-order valence-corrected chi connectivity index (χ3v) is 7.00. The number of anilines is 1. The van der Waals surface area contributed by atoms with Gasteiger partial charge in [-0.25, -0.2) is 13.9 Å². The molecule has 0 N–H and O–H groups in total. The molecule has 184 valence electrons. The molecule has 1 saturated heterocycles. The van der Waals surface area contributed by atoms with E-state index in [0.29, 0.717) is 59.5 Å². The van der Waals surface area contributed by atoms with Crippen molar-refractivity contribution in [2.45, 2.75) is 0 Å². The van der Waals surface area contributed by atoms with Gasteiger partial charge >= 0.3 is 0 Å². The Morgan fingerprint density at radius 3 is 2.32 bits per heavy atom. The van der Waals surface area contributed by atoms with Crippen LogP contribution < -0.4 is 4.90 Å². The topological polar surface area (TPSA) is 53.7 Å². The lowest BCUT2D eigenvalue weighted by atomic mass is 10.1. The summed E-state index contributed by atoms with van der Waals surface area (Å²) in [5.74, 6) is -0.382. The van der Waals surface area contributed by atoms with Crippen molar-refractivity contribution in [2.75, 3.05) is 31.1 Å². The first-order valence-corrected chi connectivity index (χ1v) is 12.5. The van der Waals surface area contributed by atoms with Gasteiger partial charge in [-0.1, -0.05) is 72.3 Å². The van der Waals surface area contributed by atoms with E-state index in [2.05, 4.69) is 4.98 Å². The maximum Gasteiger partial charge on any atom is 0.257 e. The number of para-hydroxylation sites is 1. The van der Waals surface area contributed by atoms with Gasteiger partial charge < -0.3 is 9.80 Å². The third kappa shape index (κ3) is 4.32. The second-order valence-corrected chi connectivity index (χ2v) is 9.30. The number of amides is 1. The fraction of sp³-hybridized carbons (Fsp3) is 0.138. The zero-order valence-electron chi connectivity index (χ0n) is 19.9. The van der Waals surface area contributed by atoms with Gasteiger partial charge in [-0.05, 0) is 18.2 Å². The Hall–Kier alpha value is -4.23. The molecule has 8 heteroatoms. The first-order valence-electron chi connectivity index (χ1n) is 12.1. The van der Waals surface area contributed by atoms with Gasteiger partial charge in [0.2, 0.25) is 0 Å². The standard InChI is InChI=1S/C29H23ClFN5O/c30-23-11-5-4-10-21(23)25-18-27-32-19-22(28(36(27)33-25)20-8-2-1-3-9-20)29(37)35-16-14-34(15-17-35)26-13-7-6-12-24(26)31/h1-13,18-19H,14-17H2.